The number of carbonyl (C=O) groups is 1. The van der Waals surface area contributed by atoms with E-state index < -0.39 is 0 Å². The summed E-state index contributed by atoms with van der Waals surface area (Å²) in [5.74, 6) is 0.905. The highest BCUT2D eigenvalue weighted by Crippen LogP contribution is 2.26. The van der Waals surface area contributed by atoms with Crippen LogP contribution in [-0.4, -0.2) is 48.2 Å². The van der Waals surface area contributed by atoms with Gasteiger partial charge in [-0.25, -0.2) is 4.68 Å². The lowest BCUT2D eigenvalue weighted by molar-refractivity contribution is 0.102. The van der Waals surface area contributed by atoms with E-state index in [4.69, 9.17) is 9.47 Å². The van der Waals surface area contributed by atoms with E-state index in [1.807, 2.05) is 11.6 Å². The van der Waals surface area contributed by atoms with Gasteiger partial charge in [0.1, 0.15) is 11.5 Å². The average molecular weight is 345 g/mol. The monoisotopic (exact) mass is 345 g/mol. The third-order valence-corrected chi connectivity index (χ3v) is 4.41. The number of amides is 1. The number of hydrogen-bond donors (Lipinski definition) is 2. The number of ether oxygens (including phenoxy) is 2. The molecule has 0 unspecified atom stereocenters. The summed E-state index contributed by atoms with van der Waals surface area (Å²) in [5.41, 5.74) is 1.69. The second kappa shape index (κ2) is 7.52. The van der Waals surface area contributed by atoms with E-state index in [2.05, 4.69) is 20.9 Å². The van der Waals surface area contributed by atoms with Gasteiger partial charge in [-0.3, -0.25) is 4.79 Å². The molecule has 2 N–H and O–H groups in total. The first kappa shape index (κ1) is 17.2. The van der Waals surface area contributed by atoms with Crippen molar-refractivity contribution in [3.63, 3.8) is 0 Å². The number of methoxy groups -OCH3 is 2. The quantitative estimate of drug-likeness (QED) is 0.858. The maximum absolute atomic E-state index is 12.6. The molecule has 3 rings (SSSR count). The van der Waals surface area contributed by atoms with Gasteiger partial charge >= 0.3 is 0 Å². The molecule has 0 saturated carbocycles. The molecule has 0 spiro atoms. The van der Waals surface area contributed by atoms with E-state index in [0.29, 0.717) is 22.9 Å². The molecule has 0 bridgehead atoms. The summed E-state index contributed by atoms with van der Waals surface area (Å²) in [5, 5.41) is 14.4. The lowest BCUT2D eigenvalue weighted by Gasteiger charge is -2.23. The largest absolute Gasteiger partial charge is 0.497 e. The van der Waals surface area contributed by atoms with E-state index in [1.54, 1.807) is 32.4 Å². The molecule has 0 atom stereocenters. The summed E-state index contributed by atoms with van der Waals surface area (Å²) in [6, 6.07) is 5.49. The molecule has 1 aliphatic heterocycles. The smallest absolute Gasteiger partial charge is 0.278 e. The predicted molar refractivity (Wildman–Crippen MR) is 93.4 cm³/mol. The maximum atomic E-state index is 12.6. The van der Waals surface area contributed by atoms with Crippen LogP contribution >= 0.6 is 0 Å². The Morgan fingerprint density at radius 3 is 2.44 bits per heavy atom. The minimum absolute atomic E-state index is 0.284. The van der Waals surface area contributed by atoms with Crippen molar-refractivity contribution in [2.75, 3.05) is 32.6 Å². The first-order chi connectivity index (χ1) is 12.1. The van der Waals surface area contributed by atoms with Crippen LogP contribution < -0.4 is 20.1 Å². The highest BCUT2D eigenvalue weighted by Gasteiger charge is 2.23. The van der Waals surface area contributed by atoms with Crippen molar-refractivity contribution in [2.24, 2.45) is 0 Å². The molecule has 2 aromatic rings. The zero-order valence-electron chi connectivity index (χ0n) is 14.7. The molecule has 0 radical (unpaired) electrons. The summed E-state index contributed by atoms with van der Waals surface area (Å²) >= 11 is 0. The molecule has 8 nitrogen and oxygen atoms in total. The van der Waals surface area contributed by atoms with Crippen LogP contribution in [0.5, 0.6) is 11.5 Å². The number of benzene rings is 1. The summed E-state index contributed by atoms with van der Waals surface area (Å²) in [4.78, 5) is 12.6. The number of hydrogen-bond acceptors (Lipinski definition) is 6. The number of aromatic nitrogens is 3. The summed E-state index contributed by atoms with van der Waals surface area (Å²) in [6.45, 7) is 3.79. The summed E-state index contributed by atoms with van der Waals surface area (Å²) < 4.78 is 12.3. The van der Waals surface area contributed by atoms with Crippen LogP contribution in [-0.2, 0) is 0 Å². The molecule has 1 aliphatic rings. The SMILES string of the molecule is COc1cc(NC(=O)c2nnn(C3CCNCC3)c2C)cc(OC)c1. The van der Waals surface area contributed by atoms with E-state index in [0.717, 1.165) is 31.6 Å². The number of piperidine rings is 1. The van der Waals surface area contributed by atoms with E-state index in [-0.39, 0.29) is 11.9 Å². The van der Waals surface area contributed by atoms with Crippen molar-refractivity contribution in [2.45, 2.75) is 25.8 Å². The van der Waals surface area contributed by atoms with Gasteiger partial charge in [-0.15, -0.1) is 5.10 Å². The van der Waals surface area contributed by atoms with Gasteiger partial charge < -0.3 is 20.1 Å². The lowest BCUT2D eigenvalue weighted by atomic mass is 10.1. The van der Waals surface area contributed by atoms with Gasteiger partial charge in [0.25, 0.3) is 5.91 Å². The topological polar surface area (TPSA) is 90.3 Å². The van der Waals surface area contributed by atoms with Crippen molar-refractivity contribution < 1.29 is 14.3 Å². The highest BCUT2D eigenvalue weighted by atomic mass is 16.5. The second-order valence-corrected chi connectivity index (χ2v) is 6.00. The third kappa shape index (κ3) is 3.74. The van der Waals surface area contributed by atoms with Crippen LogP contribution in [0.25, 0.3) is 0 Å². The lowest BCUT2D eigenvalue weighted by Crippen LogP contribution is -2.30. The molecular formula is C17H23N5O3. The number of rotatable bonds is 5. The van der Waals surface area contributed by atoms with Gasteiger partial charge in [-0.05, 0) is 32.9 Å². The van der Waals surface area contributed by atoms with Gasteiger partial charge in [0.15, 0.2) is 5.69 Å². The predicted octanol–water partition coefficient (Wildman–Crippen LogP) is 1.78. The van der Waals surface area contributed by atoms with E-state index in [9.17, 15) is 4.79 Å². The molecule has 1 saturated heterocycles. The van der Waals surface area contributed by atoms with Crippen molar-refractivity contribution in [3.8, 4) is 11.5 Å². The molecule has 2 heterocycles. The van der Waals surface area contributed by atoms with Gasteiger partial charge in [0.05, 0.1) is 26.0 Å². The zero-order valence-corrected chi connectivity index (χ0v) is 14.7. The Hall–Kier alpha value is -2.61. The highest BCUT2D eigenvalue weighted by molar-refractivity contribution is 6.03. The van der Waals surface area contributed by atoms with Crippen molar-refractivity contribution >= 4 is 11.6 Å². The standard InChI is InChI=1S/C17H23N5O3/c1-11-16(20-21-22(11)13-4-6-18-7-5-13)17(23)19-12-8-14(24-2)10-15(9-12)25-3/h8-10,13,18H,4-7H2,1-3H3,(H,19,23). The Morgan fingerprint density at radius 2 is 1.84 bits per heavy atom. The fourth-order valence-corrected chi connectivity index (χ4v) is 3.02. The number of carbonyl (C=O) groups excluding carboxylic acids is 1. The maximum Gasteiger partial charge on any atom is 0.278 e. The van der Waals surface area contributed by atoms with Crippen LogP contribution in [0.4, 0.5) is 5.69 Å². The second-order valence-electron chi connectivity index (χ2n) is 6.00. The first-order valence-corrected chi connectivity index (χ1v) is 8.29. The molecule has 1 aromatic carbocycles. The normalized spacial score (nSPS) is 15.0. The number of nitrogens with zero attached hydrogens (tertiary/aromatic N) is 3. The third-order valence-electron chi connectivity index (χ3n) is 4.41. The van der Waals surface area contributed by atoms with Crippen molar-refractivity contribution in [1.82, 2.24) is 20.3 Å². The molecule has 0 aliphatic carbocycles. The van der Waals surface area contributed by atoms with Crippen molar-refractivity contribution in [1.29, 1.82) is 0 Å². The van der Waals surface area contributed by atoms with Crippen LogP contribution in [0, 0.1) is 6.92 Å². The van der Waals surface area contributed by atoms with Crippen LogP contribution in [0.1, 0.15) is 35.1 Å². The van der Waals surface area contributed by atoms with Gasteiger partial charge in [0.2, 0.25) is 0 Å². The molecule has 8 heteroatoms. The van der Waals surface area contributed by atoms with Gasteiger partial charge in [-0.2, -0.15) is 0 Å². The average Bonchev–Trinajstić information content (AvgIpc) is 3.03. The Bertz CT molecular complexity index is 730. The Balaban J connectivity index is 1.79. The number of nitrogens with one attached hydrogen (secondary N) is 2. The van der Waals surface area contributed by atoms with Crippen molar-refractivity contribution in [3.05, 3.63) is 29.6 Å². The summed E-state index contributed by atoms with van der Waals surface area (Å²) in [7, 11) is 3.13. The van der Waals surface area contributed by atoms with Crippen LogP contribution in [0.2, 0.25) is 0 Å². The van der Waals surface area contributed by atoms with Gasteiger partial charge in [-0.1, -0.05) is 5.21 Å². The van der Waals surface area contributed by atoms with E-state index in [1.165, 1.54) is 0 Å². The minimum Gasteiger partial charge on any atom is -0.497 e. The molecule has 1 aromatic heterocycles. The Labute approximate surface area is 146 Å². The molecule has 1 fully saturated rings. The summed E-state index contributed by atoms with van der Waals surface area (Å²) in [6.07, 6.45) is 1.97. The minimum atomic E-state index is -0.298. The van der Waals surface area contributed by atoms with Crippen LogP contribution in [0.3, 0.4) is 0 Å². The Kier molecular flexibility index (Phi) is 5.18. The van der Waals surface area contributed by atoms with Gasteiger partial charge in [0, 0.05) is 23.9 Å². The molecule has 25 heavy (non-hydrogen) atoms. The van der Waals surface area contributed by atoms with Crippen LogP contribution in [0.15, 0.2) is 18.2 Å². The fourth-order valence-electron chi connectivity index (χ4n) is 3.02. The first-order valence-electron chi connectivity index (χ1n) is 8.29. The molecular weight excluding hydrogens is 322 g/mol. The number of anilines is 1. The Morgan fingerprint density at radius 1 is 1.20 bits per heavy atom. The zero-order chi connectivity index (χ0) is 17.8. The molecule has 134 valence electrons. The fraction of sp³-hybridized carbons (Fsp3) is 0.471. The molecule has 1 amide bonds. The van der Waals surface area contributed by atoms with E-state index >= 15 is 0 Å².